The zero-order valence-electron chi connectivity index (χ0n) is 12.4. The molecular weight excluding hydrogens is 317 g/mol. The van der Waals surface area contributed by atoms with Gasteiger partial charge in [-0.2, -0.15) is 0 Å². The van der Waals surface area contributed by atoms with E-state index in [2.05, 4.69) is 16.0 Å². The molecule has 0 fully saturated rings. The molecule has 2 rings (SSSR count). The number of urea groups is 1. The molecule has 0 heterocycles. The summed E-state index contributed by atoms with van der Waals surface area (Å²) in [6.07, 6.45) is 1.96. The van der Waals surface area contributed by atoms with Crippen molar-refractivity contribution in [1.82, 2.24) is 5.32 Å². The van der Waals surface area contributed by atoms with Gasteiger partial charge in [0, 0.05) is 10.6 Å². The van der Waals surface area contributed by atoms with Gasteiger partial charge in [-0.3, -0.25) is 4.79 Å². The van der Waals surface area contributed by atoms with E-state index in [-0.39, 0.29) is 12.2 Å². The van der Waals surface area contributed by atoms with E-state index in [0.717, 1.165) is 4.90 Å². The van der Waals surface area contributed by atoms with Crippen LogP contribution in [0.25, 0.3) is 0 Å². The Morgan fingerprint density at radius 1 is 1.04 bits per heavy atom. The third-order valence-corrected chi connectivity index (χ3v) is 3.65. The molecule has 3 amide bonds. The number of rotatable bonds is 5. The van der Waals surface area contributed by atoms with Crippen molar-refractivity contribution in [2.24, 2.45) is 0 Å². The summed E-state index contributed by atoms with van der Waals surface area (Å²) in [6.45, 7) is -0.261. The molecule has 0 aromatic heterocycles. The Labute approximate surface area is 137 Å². The lowest BCUT2D eigenvalue weighted by Crippen LogP contribution is -2.35. The average molecular weight is 333 g/mol. The van der Waals surface area contributed by atoms with E-state index in [4.69, 9.17) is 0 Å². The molecule has 0 unspecified atom stereocenters. The fraction of sp³-hybridized carbons (Fsp3) is 0.125. The molecule has 2 aromatic carbocycles. The molecule has 0 atom stereocenters. The Kier molecular flexibility index (Phi) is 5.99. The number of halogens is 1. The van der Waals surface area contributed by atoms with Gasteiger partial charge in [0.15, 0.2) is 0 Å². The highest BCUT2D eigenvalue weighted by molar-refractivity contribution is 7.98. The van der Waals surface area contributed by atoms with Crippen molar-refractivity contribution in [3.05, 3.63) is 54.3 Å². The van der Waals surface area contributed by atoms with Gasteiger partial charge < -0.3 is 16.0 Å². The van der Waals surface area contributed by atoms with Crippen LogP contribution in [0.5, 0.6) is 0 Å². The molecule has 7 heteroatoms. The van der Waals surface area contributed by atoms with Gasteiger partial charge >= 0.3 is 6.03 Å². The molecule has 0 radical (unpaired) electrons. The molecule has 3 N–H and O–H groups in total. The third-order valence-electron chi connectivity index (χ3n) is 2.91. The van der Waals surface area contributed by atoms with Gasteiger partial charge in [0.2, 0.25) is 5.91 Å². The van der Waals surface area contributed by atoms with Crippen molar-refractivity contribution in [3.63, 3.8) is 0 Å². The lowest BCUT2D eigenvalue weighted by atomic mass is 10.3. The largest absolute Gasteiger partial charge is 0.329 e. The lowest BCUT2D eigenvalue weighted by Gasteiger charge is -2.09. The summed E-state index contributed by atoms with van der Waals surface area (Å²) >= 11 is 1.60. The predicted octanol–water partition coefficient (Wildman–Crippen LogP) is 3.31. The van der Waals surface area contributed by atoms with Gasteiger partial charge in [-0.25, -0.2) is 9.18 Å². The molecule has 0 spiro atoms. The van der Waals surface area contributed by atoms with Crippen LogP contribution in [-0.2, 0) is 4.79 Å². The first-order chi connectivity index (χ1) is 11.1. The number of benzene rings is 2. The zero-order chi connectivity index (χ0) is 16.7. The summed E-state index contributed by atoms with van der Waals surface area (Å²) in [7, 11) is 0. The molecule has 120 valence electrons. The van der Waals surface area contributed by atoms with E-state index in [0.29, 0.717) is 5.69 Å². The van der Waals surface area contributed by atoms with Gasteiger partial charge in [0.1, 0.15) is 5.82 Å². The molecule has 5 nitrogen and oxygen atoms in total. The van der Waals surface area contributed by atoms with Crippen LogP contribution in [0.1, 0.15) is 0 Å². The van der Waals surface area contributed by atoms with Crippen LogP contribution in [-0.4, -0.2) is 24.7 Å². The summed E-state index contributed by atoms with van der Waals surface area (Å²) in [5.41, 5.74) is 0.696. The standard InChI is InChI=1S/C16H16FN3O2S/c1-23-12-8-6-11(7-9-12)19-16(22)18-10-15(21)20-14-5-3-2-4-13(14)17/h2-9H,10H2,1H3,(H,20,21)(H2,18,19,22). The maximum absolute atomic E-state index is 13.4. The van der Waals surface area contributed by atoms with Crippen LogP contribution in [0.4, 0.5) is 20.6 Å². The van der Waals surface area contributed by atoms with Crippen molar-refractivity contribution in [3.8, 4) is 0 Å². The summed E-state index contributed by atoms with van der Waals surface area (Å²) < 4.78 is 13.4. The maximum atomic E-state index is 13.4. The van der Waals surface area contributed by atoms with Crippen LogP contribution in [0.3, 0.4) is 0 Å². The second kappa shape index (κ2) is 8.19. The third kappa shape index (κ3) is 5.30. The fourth-order valence-corrected chi connectivity index (χ4v) is 2.18. The Morgan fingerprint density at radius 2 is 1.74 bits per heavy atom. The second-order valence-corrected chi connectivity index (χ2v) is 5.44. The molecule has 0 saturated carbocycles. The lowest BCUT2D eigenvalue weighted by molar-refractivity contribution is -0.115. The number of carbonyl (C=O) groups excluding carboxylic acids is 2. The average Bonchev–Trinajstić information content (AvgIpc) is 2.56. The Morgan fingerprint density at radius 3 is 2.39 bits per heavy atom. The number of anilines is 2. The molecular formula is C16H16FN3O2S. The van der Waals surface area contributed by atoms with E-state index in [9.17, 15) is 14.0 Å². The maximum Gasteiger partial charge on any atom is 0.319 e. The van der Waals surface area contributed by atoms with E-state index < -0.39 is 17.8 Å². The van der Waals surface area contributed by atoms with Gasteiger partial charge in [-0.15, -0.1) is 11.8 Å². The van der Waals surface area contributed by atoms with Crippen LogP contribution in [0.2, 0.25) is 0 Å². The number of para-hydroxylation sites is 1. The molecule has 0 aliphatic heterocycles. The Bertz CT molecular complexity index is 692. The minimum absolute atomic E-state index is 0.0763. The van der Waals surface area contributed by atoms with Gasteiger partial charge in [0.25, 0.3) is 0 Å². The summed E-state index contributed by atoms with van der Waals surface area (Å²) in [5, 5.41) is 7.41. The Balaban J connectivity index is 1.79. The van der Waals surface area contributed by atoms with E-state index >= 15 is 0 Å². The van der Waals surface area contributed by atoms with Crippen molar-refractivity contribution in [1.29, 1.82) is 0 Å². The summed E-state index contributed by atoms with van der Waals surface area (Å²) in [6, 6.07) is 12.6. The van der Waals surface area contributed by atoms with Crippen LogP contribution >= 0.6 is 11.8 Å². The van der Waals surface area contributed by atoms with Gasteiger partial charge in [0.05, 0.1) is 12.2 Å². The monoisotopic (exact) mass is 333 g/mol. The van der Waals surface area contributed by atoms with Gasteiger partial charge in [-0.1, -0.05) is 12.1 Å². The minimum Gasteiger partial charge on any atom is -0.329 e. The molecule has 0 saturated heterocycles. The highest BCUT2D eigenvalue weighted by Gasteiger charge is 2.08. The van der Waals surface area contributed by atoms with E-state index in [1.807, 2.05) is 18.4 Å². The number of amides is 3. The number of nitrogens with one attached hydrogen (secondary N) is 3. The van der Waals surface area contributed by atoms with Crippen molar-refractivity contribution >= 4 is 35.1 Å². The molecule has 0 aliphatic carbocycles. The van der Waals surface area contributed by atoms with Crippen LogP contribution < -0.4 is 16.0 Å². The Hall–Kier alpha value is -2.54. The first kappa shape index (κ1) is 16.8. The van der Waals surface area contributed by atoms with Crippen LogP contribution in [0, 0.1) is 5.82 Å². The smallest absolute Gasteiger partial charge is 0.319 e. The molecule has 23 heavy (non-hydrogen) atoms. The van der Waals surface area contributed by atoms with Crippen molar-refractivity contribution in [2.45, 2.75) is 4.90 Å². The SMILES string of the molecule is CSc1ccc(NC(=O)NCC(=O)Nc2ccccc2F)cc1. The predicted molar refractivity (Wildman–Crippen MR) is 90.3 cm³/mol. The van der Waals surface area contributed by atoms with E-state index in [1.165, 1.54) is 18.2 Å². The fourth-order valence-electron chi connectivity index (χ4n) is 1.77. The minimum atomic E-state index is -0.529. The first-order valence-corrected chi connectivity index (χ1v) is 8.04. The van der Waals surface area contributed by atoms with E-state index in [1.54, 1.807) is 30.0 Å². The summed E-state index contributed by atoms with van der Waals surface area (Å²) in [5.74, 6) is -1.04. The summed E-state index contributed by atoms with van der Waals surface area (Å²) in [4.78, 5) is 24.5. The van der Waals surface area contributed by atoms with Crippen molar-refractivity contribution in [2.75, 3.05) is 23.4 Å². The number of hydrogen-bond donors (Lipinski definition) is 3. The number of carbonyl (C=O) groups is 2. The zero-order valence-corrected chi connectivity index (χ0v) is 13.2. The van der Waals surface area contributed by atoms with Gasteiger partial charge in [-0.05, 0) is 42.7 Å². The molecule has 0 bridgehead atoms. The highest BCUT2D eigenvalue weighted by atomic mass is 32.2. The van der Waals surface area contributed by atoms with Crippen LogP contribution in [0.15, 0.2) is 53.4 Å². The molecule has 2 aromatic rings. The highest BCUT2D eigenvalue weighted by Crippen LogP contribution is 2.17. The topological polar surface area (TPSA) is 70.2 Å². The second-order valence-electron chi connectivity index (χ2n) is 4.56. The quantitative estimate of drug-likeness (QED) is 0.735. The number of hydrogen-bond acceptors (Lipinski definition) is 3. The number of thioether (sulfide) groups is 1. The normalized spacial score (nSPS) is 10.0. The van der Waals surface area contributed by atoms with Crippen molar-refractivity contribution < 1.29 is 14.0 Å². The first-order valence-electron chi connectivity index (χ1n) is 6.82. The molecule has 0 aliphatic rings.